The van der Waals surface area contributed by atoms with Gasteiger partial charge in [-0.1, -0.05) is 65.3 Å². The molecule has 0 aromatic heterocycles. The Morgan fingerprint density at radius 1 is 0.983 bits per heavy atom. The van der Waals surface area contributed by atoms with Crippen LogP contribution in [0.5, 0.6) is 0 Å². The number of nitrogens with one attached hydrogen (secondary N) is 2. The molecule has 4 amide bonds. The quantitative estimate of drug-likeness (QED) is 0.0464. The number of carbonyl (C=O) groups excluding carboxylic acids is 5. The Balaban J connectivity index is 3.28. The van der Waals surface area contributed by atoms with E-state index >= 15 is 0 Å². The van der Waals surface area contributed by atoms with E-state index in [2.05, 4.69) is 10.6 Å². The van der Waals surface area contributed by atoms with Gasteiger partial charge in [-0.05, 0) is 81.9 Å². The normalized spacial score (nSPS) is 15.9. The van der Waals surface area contributed by atoms with Gasteiger partial charge in [-0.2, -0.15) is 5.26 Å². The fraction of sp³-hybridized carbons (Fsp3) is 0.614. The number of thioether (sulfide) groups is 1. The molecular formula is C44H67N5O10S. The Labute approximate surface area is 360 Å². The molecule has 60 heavy (non-hydrogen) atoms. The standard InChI is InChI=1S/C44H67N5O10S/c1-13-27(5)38(43(55)56)47-37(50)24-48(10)42(54)34(22-32-16-18-33(23-45)19-17-32)49(11)41(53)31(9)46-40(52)36(21-26(3)4)59-44(57)29(7)15-20-35(58-25-60-12)30(8)39(51)28(6)14-2/h14-19,26-27,30-31,34-36,38-39,51H,13,20-22,24-25H2,1-12H3,(H,46,52)(H,47,50)(H,55,56)/b28-14+,29-15+/t27-,30+,31+,34-,35+,36-,38+,39-/m1/s1. The number of aliphatic carboxylic acids is 1. The van der Waals surface area contributed by atoms with Crippen LogP contribution in [0.15, 0.2) is 47.6 Å². The Kier molecular flexibility index (Phi) is 23.5. The van der Waals surface area contributed by atoms with E-state index in [4.69, 9.17) is 9.47 Å². The predicted molar refractivity (Wildman–Crippen MR) is 231 cm³/mol. The van der Waals surface area contributed by atoms with Crippen molar-refractivity contribution < 1.29 is 48.5 Å². The van der Waals surface area contributed by atoms with Gasteiger partial charge in [0.15, 0.2) is 6.10 Å². The molecule has 4 N–H and O–H groups in total. The van der Waals surface area contributed by atoms with E-state index in [0.717, 1.165) is 10.5 Å². The van der Waals surface area contributed by atoms with Crippen LogP contribution in [0, 0.1) is 29.1 Å². The molecule has 0 saturated heterocycles. The van der Waals surface area contributed by atoms with Gasteiger partial charge in [-0.25, -0.2) is 9.59 Å². The number of likely N-dealkylation sites (N-methyl/N-ethyl adjacent to an activating group) is 2. The highest BCUT2D eigenvalue weighted by molar-refractivity contribution is 7.98. The van der Waals surface area contributed by atoms with E-state index in [0.29, 0.717) is 29.9 Å². The minimum atomic E-state index is -1.26. The van der Waals surface area contributed by atoms with Crippen molar-refractivity contribution in [3.63, 3.8) is 0 Å². The molecule has 0 aliphatic heterocycles. The zero-order valence-corrected chi connectivity index (χ0v) is 38.1. The number of aliphatic hydroxyl groups is 1. The van der Waals surface area contributed by atoms with Gasteiger partial charge in [0.1, 0.15) is 18.1 Å². The molecule has 1 aromatic carbocycles. The summed E-state index contributed by atoms with van der Waals surface area (Å²) >= 11 is 1.49. The summed E-state index contributed by atoms with van der Waals surface area (Å²) in [5.41, 5.74) is 2.04. The van der Waals surface area contributed by atoms with Crippen molar-refractivity contribution in [2.24, 2.45) is 17.8 Å². The van der Waals surface area contributed by atoms with E-state index in [1.54, 1.807) is 51.1 Å². The zero-order chi connectivity index (χ0) is 45.9. The number of benzene rings is 1. The van der Waals surface area contributed by atoms with E-state index in [1.807, 2.05) is 53.0 Å². The lowest BCUT2D eigenvalue weighted by Gasteiger charge is -2.33. The van der Waals surface area contributed by atoms with Crippen LogP contribution in [0.1, 0.15) is 92.7 Å². The number of ether oxygens (including phenoxy) is 2. The van der Waals surface area contributed by atoms with Gasteiger partial charge in [0.2, 0.25) is 17.7 Å². The number of carboxylic acids is 1. The van der Waals surface area contributed by atoms with Crippen molar-refractivity contribution in [1.82, 2.24) is 20.4 Å². The molecule has 0 radical (unpaired) electrons. The molecule has 0 heterocycles. The molecule has 0 aliphatic rings. The molecule has 16 heteroatoms. The minimum absolute atomic E-state index is 0.0148. The van der Waals surface area contributed by atoms with Crippen molar-refractivity contribution >= 4 is 47.3 Å². The molecule has 0 bridgehead atoms. The first-order chi connectivity index (χ1) is 28.1. The van der Waals surface area contributed by atoms with Gasteiger partial charge in [-0.3, -0.25) is 19.2 Å². The second-order valence-corrected chi connectivity index (χ2v) is 16.6. The summed E-state index contributed by atoms with van der Waals surface area (Å²) < 4.78 is 11.7. The average Bonchev–Trinajstić information content (AvgIpc) is 3.22. The van der Waals surface area contributed by atoms with E-state index in [1.165, 1.54) is 37.7 Å². The second-order valence-electron chi connectivity index (χ2n) is 15.8. The molecule has 0 saturated carbocycles. The Hall–Kier alpha value is -4.72. The number of allylic oxidation sites excluding steroid dienone is 1. The summed E-state index contributed by atoms with van der Waals surface area (Å²) in [7, 11) is 2.76. The third kappa shape index (κ3) is 17.1. The fourth-order valence-electron chi connectivity index (χ4n) is 6.22. The van der Waals surface area contributed by atoms with Crippen LogP contribution in [-0.4, -0.2) is 125 Å². The SMILES string of the molecule is C/C=C(\C)[C@@H](O)[C@@H](C)[C@H](C/C=C(\C)C(=O)O[C@H](CC(C)C)C(=O)N[C@@H](C)C(=O)N(C)[C@H](Cc1ccc(C#N)cc1)C(=O)N(C)CC(=O)N[C@H](C(=O)O)[C@H](C)CC)OCSC. The monoisotopic (exact) mass is 857 g/mol. The van der Waals surface area contributed by atoms with Gasteiger partial charge in [0, 0.05) is 32.0 Å². The van der Waals surface area contributed by atoms with Crippen LogP contribution in [0.2, 0.25) is 0 Å². The van der Waals surface area contributed by atoms with E-state index in [9.17, 15) is 44.2 Å². The molecule has 0 spiro atoms. The highest BCUT2D eigenvalue weighted by atomic mass is 32.2. The third-order valence-corrected chi connectivity index (χ3v) is 10.9. The molecule has 0 unspecified atom stereocenters. The molecule has 1 rings (SSSR count). The van der Waals surface area contributed by atoms with Gasteiger partial charge >= 0.3 is 11.9 Å². The number of hydrogen-bond donors (Lipinski definition) is 4. The van der Waals surface area contributed by atoms with Crippen molar-refractivity contribution in [2.45, 2.75) is 124 Å². The van der Waals surface area contributed by atoms with Crippen LogP contribution in [0.25, 0.3) is 0 Å². The Bertz CT molecular complexity index is 1710. The highest BCUT2D eigenvalue weighted by Gasteiger charge is 2.35. The van der Waals surface area contributed by atoms with Gasteiger partial charge in [0.25, 0.3) is 5.91 Å². The first-order valence-corrected chi connectivity index (χ1v) is 21.6. The van der Waals surface area contributed by atoms with Crippen LogP contribution < -0.4 is 10.6 Å². The summed E-state index contributed by atoms with van der Waals surface area (Å²) in [6, 6.07) is 4.93. The molecule has 0 aliphatic carbocycles. The zero-order valence-electron chi connectivity index (χ0n) is 37.3. The number of nitriles is 1. The Morgan fingerprint density at radius 2 is 1.60 bits per heavy atom. The lowest BCUT2D eigenvalue weighted by molar-refractivity contribution is -0.154. The van der Waals surface area contributed by atoms with Crippen LogP contribution in [-0.2, 0) is 44.7 Å². The van der Waals surface area contributed by atoms with Crippen molar-refractivity contribution in [3.05, 3.63) is 58.7 Å². The fourth-order valence-corrected chi connectivity index (χ4v) is 6.53. The van der Waals surface area contributed by atoms with Crippen LogP contribution in [0.3, 0.4) is 0 Å². The summed E-state index contributed by atoms with van der Waals surface area (Å²) in [6.07, 6.45) is 3.93. The van der Waals surface area contributed by atoms with Crippen molar-refractivity contribution in [3.8, 4) is 6.07 Å². The topological polar surface area (TPSA) is 216 Å². The number of nitrogens with zero attached hydrogens (tertiary/aromatic N) is 3. The predicted octanol–water partition coefficient (Wildman–Crippen LogP) is 4.47. The first kappa shape index (κ1) is 53.3. The number of carboxylic acid groups (broad SMARTS) is 1. The number of rotatable bonds is 25. The van der Waals surface area contributed by atoms with E-state index < -0.39 is 78.5 Å². The molecule has 334 valence electrons. The molecule has 1 aromatic rings. The summed E-state index contributed by atoms with van der Waals surface area (Å²) in [4.78, 5) is 82.0. The lowest BCUT2D eigenvalue weighted by atomic mass is 9.90. The second kappa shape index (κ2) is 26.5. The maximum Gasteiger partial charge on any atom is 0.334 e. The summed E-state index contributed by atoms with van der Waals surface area (Å²) in [6.45, 7) is 15.3. The minimum Gasteiger partial charge on any atom is -0.480 e. The molecule has 15 nitrogen and oxygen atoms in total. The highest BCUT2D eigenvalue weighted by Crippen LogP contribution is 2.23. The summed E-state index contributed by atoms with van der Waals surface area (Å²) in [5, 5.41) is 34.8. The number of carbonyl (C=O) groups is 6. The maximum atomic E-state index is 14.0. The van der Waals surface area contributed by atoms with Crippen LogP contribution >= 0.6 is 11.8 Å². The lowest BCUT2D eigenvalue weighted by Crippen LogP contribution is -2.56. The average molecular weight is 858 g/mol. The Morgan fingerprint density at radius 3 is 2.12 bits per heavy atom. The number of aliphatic hydroxyl groups excluding tert-OH is 1. The van der Waals surface area contributed by atoms with E-state index in [-0.39, 0.29) is 36.2 Å². The molecule has 0 fully saturated rings. The summed E-state index contributed by atoms with van der Waals surface area (Å²) in [5.74, 6) is -4.96. The number of hydrogen-bond acceptors (Lipinski definition) is 11. The van der Waals surface area contributed by atoms with Crippen molar-refractivity contribution in [2.75, 3.05) is 32.8 Å². The first-order valence-electron chi connectivity index (χ1n) is 20.3. The number of amides is 4. The van der Waals surface area contributed by atoms with Crippen LogP contribution in [0.4, 0.5) is 0 Å². The largest absolute Gasteiger partial charge is 0.480 e. The maximum absolute atomic E-state index is 14.0. The van der Waals surface area contributed by atoms with Crippen molar-refractivity contribution in [1.29, 1.82) is 5.26 Å². The van der Waals surface area contributed by atoms with Gasteiger partial charge < -0.3 is 40.1 Å². The van der Waals surface area contributed by atoms with Gasteiger partial charge in [-0.15, -0.1) is 11.8 Å². The molecular weight excluding hydrogens is 791 g/mol. The van der Waals surface area contributed by atoms with Gasteiger partial charge in [0.05, 0.1) is 36.3 Å². The number of esters is 1. The molecule has 8 atom stereocenters. The third-order valence-electron chi connectivity index (χ3n) is 10.5. The smallest absolute Gasteiger partial charge is 0.334 e.